The summed E-state index contributed by atoms with van der Waals surface area (Å²) in [6, 6.07) is 6.98. The molecule has 0 bridgehead atoms. The van der Waals surface area contributed by atoms with Gasteiger partial charge in [0.15, 0.2) is 0 Å². The molecule has 1 aromatic rings. The Labute approximate surface area is 202 Å². The van der Waals surface area contributed by atoms with Gasteiger partial charge in [-0.25, -0.2) is 9.18 Å². The summed E-state index contributed by atoms with van der Waals surface area (Å²) >= 11 is 0. The average molecular weight is 504 g/mol. The molecule has 1 atom stereocenters. The summed E-state index contributed by atoms with van der Waals surface area (Å²) in [7, 11) is 0. The molecular weight excluding hydrogens is 470 g/mol. The van der Waals surface area contributed by atoms with Crippen molar-refractivity contribution in [2.45, 2.75) is 50.4 Å². The van der Waals surface area contributed by atoms with E-state index in [0.717, 1.165) is 77.3 Å². The van der Waals surface area contributed by atoms with Crippen LogP contribution in [0.4, 0.5) is 17.6 Å². The van der Waals surface area contributed by atoms with Crippen molar-refractivity contribution in [2.24, 2.45) is 0 Å². The van der Waals surface area contributed by atoms with Crippen LogP contribution in [0.2, 0.25) is 0 Å². The van der Waals surface area contributed by atoms with Gasteiger partial charge in [0.2, 0.25) is 5.91 Å². The second kappa shape index (κ2) is 12.1. The zero-order valence-electron chi connectivity index (χ0n) is 19.7. The number of hydrogen-bond acceptors (Lipinski definition) is 5. The SMILES string of the molecule is O=C(CN1CCOCC1)N1CCCC2(CCCN2Cc2cccc(F)c2)CC1.O=C(O)C(F)(F)F. The molecule has 1 N–H and O–H groups in total. The number of carboxylic acids is 1. The van der Waals surface area contributed by atoms with Gasteiger partial charge in [0.05, 0.1) is 19.8 Å². The molecule has 3 saturated heterocycles. The summed E-state index contributed by atoms with van der Waals surface area (Å²) in [6.07, 6.45) is 0.500. The number of likely N-dealkylation sites (tertiary alicyclic amines) is 2. The molecule has 0 radical (unpaired) electrons. The summed E-state index contributed by atoms with van der Waals surface area (Å²) in [4.78, 5) is 28.5. The molecular formula is C24H33F4N3O4. The van der Waals surface area contributed by atoms with Gasteiger partial charge >= 0.3 is 12.1 Å². The Morgan fingerprint density at radius 1 is 1.00 bits per heavy atom. The number of aliphatic carboxylic acids is 1. The molecule has 7 nitrogen and oxygen atoms in total. The van der Waals surface area contributed by atoms with Gasteiger partial charge in [-0.05, 0) is 56.3 Å². The third kappa shape index (κ3) is 7.88. The van der Waals surface area contributed by atoms with Gasteiger partial charge in [-0.1, -0.05) is 12.1 Å². The second-order valence-corrected chi connectivity index (χ2v) is 9.31. The van der Waals surface area contributed by atoms with Crippen molar-refractivity contribution in [3.8, 4) is 0 Å². The van der Waals surface area contributed by atoms with Crippen LogP contribution in [0.5, 0.6) is 0 Å². The van der Waals surface area contributed by atoms with Crippen LogP contribution in [-0.4, -0.2) is 95.9 Å². The number of carboxylic acid groups (broad SMARTS) is 1. The number of ether oxygens (including phenoxy) is 1. The first-order valence-electron chi connectivity index (χ1n) is 12.0. The van der Waals surface area contributed by atoms with Gasteiger partial charge in [0, 0.05) is 38.3 Å². The second-order valence-electron chi connectivity index (χ2n) is 9.31. The van der Waals surface area contributed by atoms with Gasteiger partial charge in [-0.3, -0.25) is 14.6 Å². The molecule has 196 valence electrons. The minimum absolute atomic E-state index is 0.161. The summed E-state index contributed by atoms with van der Waals surface area (Å²) in [6.45, 7) is 7.25. The Bertz CT molecular complexity index is 863. The van der Waals surface area contributed by atoms with Crippen molar-refractivity contribution in [1.29, 1.82) is 0 Å². The van der Waals surface area contributed by atoms with E-state index in [4.69, 9.17) is 14.6 Å². The van der Waals surface area contributed by atoms with E-state index in [1.807, 2.05) is 6.07 Å². The molecule has 1 spiro atoms. The lowest BCUT2D eigenvalue weighted by molar-refractivity contribution is -0.192. The van der Waals surface area contributed by atoms with E-state index < -0.39 is 12.1 Å². The molecule has 3 fully saturated rings. The van der Waals surface area contributed by atoms with Crippen LogP contribution in [0.1, 0.15) is 37.7 Å². The predicted octanol–water partition coefficient (Wildman–Crippen LogP) is 3.14. The summed E-state index contributed by atoms with van der Waals surface area (Å²) in [5.41, 5.74) is 1.21. The zero-order valence-corrected chi connectivity index (χ0v) is 19.7. The van der Waals surface area contributed by atoms with Crippen molar-refractivity contribution >= 4 is 11.9 Å². The first kappa shape index (κ1) is 27.3. The lowest BCUT2D eigenvalue weighted by Crippen LogP contribution is -2.46. The lowest BCUT2D eigenvalue weighted by Gasteiger charge is -2.38. The number of hydrogen-bond donors (Lipinski definition) is 1. The molecule has 3 aliphatic rings. The molecule has 11 heteroatoms. The van der Waals surface area contributed by atoms with E-state index in [1.54, 1.807) is 12.1 Å². The maximum Gasteiger partial charge on any atom is 0.490 e. The van der Waals surface area contributed by atoms with Crippen LogP contribution in [0, 0.1) is 5.82 Å². The van der Waals surface area contributed by atoms with Crippen molar-refractivity contribution in [1.82, 2.24) is 14.7 Å². The third-order valence-corrected chi connectivity index (χ3v) is 6.98. The highest BCUT2D eigenvalue weighted by Crippen LogP contribution is 2.39. The van der Waals surface area contributed by atoms with E-state index in [0.29, 0.717) is 6.54 Å². The van der Waals surface area contributed by atoms with Crippen LogP contribution in [0.25, 0.3) is 0 Å². The number of carbonyl (C=O) groups excluding carboxylic acids is 1. The number of benzene rings is 1. The highest BCUT2D eigenvalue weighted by atomic mass is 19.4. The van der Waals surface area contributed by atoms with Crippen LogP contribution in [0.15, 0.2) is 24.3 Å². The molecule has 1 unspecified atom stereocenters. The maximum atomic E-state index is 13.6. The number of nitrogens with zero attached hydrogens (tertiary/aromatic N) is 3. The summed E-state index contributed by atoms with van der Waals surface area (Å²) in [5, 5.41) is 7.12. The average Bonchev–Trinajstić information content (AvgIpc) is 3.04. The van der Waals surface area contributed by atoms with Crippen molar-refractivity contribution in [3.63, 3.8) is 0 Å². The van der Waals surface area contributed by atoms with Gasteiger partial charge in [-0.2, -0.15) is 13.2 Å². The van der Waals surface area contributed by atoms with Gasteiger partial charge < -0.3 is 14.7 Å². The number of amides is 1. The molecule has 0 saturated carbocycles. The van der Waals surface area contributed by atoms with E-state index in [9.17, 15) is 22.4 Å². The molecule has 35 heavy (non-hydrogen) atoms. The van der Waals surface area contributed by atoms with Crippen LogP contribution in [-0.2, 0) is 20.9 Å². The van der Waals surface area contributed by atoms with Gasteiger partial charge in [0.1, 0.15) is 5.82 Å². The summed E-state index contributed by atoms with van der Waals surface area (Å²) < 4.78 is 50.7. The van der Waals surface area contributed by atoms with E-state index in [1.165, 1.54) is 18.9 Å². The smallest absolute Gasteiger partial charge is 0.475 e. The Morgan fingerprint density at radius 3 is 2.29 bits per heavy atom. The topological polar surface area (TPSA) is 73.3 Å². The Kier molecular flexibility index (Phi) is 9.48. The third-order valence-electron chi connectivity index (χ3n) is 6.98. The zero-order chi connectivity index (χ0) is 25.5. The highest BCUT2D eigenvalue weighted by molar-refractivity contribution is 5.78. The standard InChI is InChI=1S/C22H32FN3O2.C2HF3O2/c23-20-5-1-4-19(16-20)17-26-10-3-7-22(26)6-2-9-25(11-8-22)21(27)18-24-12-14-28-15-13-24;3-2(4,5)1(6)7/h1,4-5,16H,2-3,6-15,17-18H2;(H,6,7). The summed E-state index contributed by atoms with van der Waals surface area (Å²) in [5.74, 6) is -2.66. The monoisotopic (exact) mass is 503 g/mol. The first-order chi connectivity index (χ1) is 16.6. The Morgan fingerprint density at radius 2 is 1.66 bits per heavy atom. The number of alkyl halides is 3. The van der Waals surface area contributed by atoms with Gasteiger partial charge in [0.25, 0.3) is 0 Å². The van der Waals surface area contributed by atoms with Crippen LogP contribution >= 0.6 is 0 Å². The Balaban J connectivity index is 0.000000429. The lowest BCUT2D eigenvalue weighted by atomic mass is 9.87. The quantitative estimate of drug-likeness (QED) is 0.637. The molecule has 3 heterocycles. The van der Waals surface area contributed by atoms with Crippen LogP contribution in [0.3, 0.4) is 0 Å². The minimum Gasteiger partial charge on any atom is -0.475 e. The number of halogens is 4. The predicted molar refractivity (Wildman–Crippen MR) is 120 cm³/mol. The number of carbonyl (C=O) groups is 2. The molecule has 0 aromatic heterocycles. The molecule has 1 amide bonds. The van der Waals surface area contributed by atoms with Crippen molar-refractivity contribution in [3.05, 3.63) is 35.6 Å². The van der Waals surface area contributed by atoms with Crippen LogP contribution < -0.4 is 0 Å². The fourth-order valence-electron chi connectivity index (χ4n) is 5.14. The molecule has 1 aromatic carbocycles. The molecule has 3 aliphatic heterocycles. The maximum absolute atomic E-state index is 13.6. The minimum atomic E-state index is -5.08. The van der Waals surface area contributed by atoms with Crippen molar-refractivity contribution < 1.29 is 37.0 Å². The first-order valence-corrected chi connectivity index (χ1v) is 12.0. The normalized spacial score (nSPS) is 24.1. The highest BCUT2D eigenvalue weighted by Gasteiger charge is 2.42. The fourth-order valence-corrected chi connectivity index (χ4v) is 5.14. The largest absolute Gasteiger partial charge is 0.490 e. The Hall–Kier alpha value is -2.24. The fraction of sp³-hybridized carbons (Fsp3) is 0.667. The van der Waals surface area contributed by atoms with E-state index in [2.05, 4.69) is 14.7 Å². The van der Waals surface area contributed by atoms with E-state index >= 15 is 0 Å². The molecule has 4 rings (SSSR count). The van der Waals surface area contributed by atoms with Gasteiger partial charge in [-0.15, -0.1) is 0 Å². The number of morpholine rings is 1. The number of rotatable bonds is 4. The molecule has 0 aliphatic carbocycles. The van der Waals surface area contributed by atoms with Crippen molar-refractivity contribution in [2.75, 3.05) is 52.5 Å². The van der Waals surface area contributed by atoms with E-state index in [-0.39, 0.29) is 17.3 Å².